The fourth-order valence-corrected chi connectivity index (χ4v) is 2.28. The first-order valence-corrected chi connectivity index (χ1v) is 6.42. The molecule has 0 spiro atoms. The fourth-order valence-electron chi connectivity index (χ4n) is 2.28. The number of ether oxygens (including phenoxy) is 2. The van der Waals surface area contributed by atoms with E-state index in [0.717, 1.165) is 36.4 Å². The van der Waals surface area contributed by atoms with Crippen LogP contribution in [0.1, 0.15) is 18.9 Å². The molecular formula is C14H19NO2. The second-order valence-electron chi connectivity index (χ2n) is 5.08. The highest BCUT2D eigenvalue weighted by Gasteiger charge is 2.31. The second-order valence-corrected chi connectivity index (χ2v) is 5.08. The molecule has 1 aromatic carbocycles. The molecule has 17 heavy (non-hydrogen) atoms. The minimum atomic E-state index is 0.656. The average molecular weight is 233 g/mol. The Morgan fingerprint density at radius 1 is 1.24 bits per heavy atom. The van der Waals surface area contributed by atoms with Gasteiger partial charge in [0, 0.05) is 6.54 Å². The lowest BCUT2D eigenvalue weighted by Gasteiger charge is -2.19. The maximum atomic E-state index is 5.57. The minimum Gasteiger partial charge on any atom is -0.486 e. The Hall–Kier alpha value is -1.22. The van der Waals surface area contributed by atoms with Gasteiger partial charge in [-0.05, 0) is 42.5 Å². The van der Waals surface area contributed by atoms with Crippen LogP contribution in [-0.4, -0.2) is 19.8 Å². The van der Waals surface area contributed by atoms with Gasteiger partial charge in [-0.1, -0.05) is 13.0 Å². The van der Waals surface area contributed by atoms with Gasteiger partial charge in [0.15, 0.2) is 11.5 Å². The van der Waals surface area contributed by atoms with Crippen molar-refractivity contribution >= 4 is 0 Å². The van der Waals surface area contributed by atoms with E-state index in [2.05, 4.69) is 24.4 Å². The van der Waals surface area contributed by atoms with Crippen molar-refractivity contribution in [2.45, 2.75) is 19.9 Å². The van der Waals surface area contributed by atoms with Crippen molar-refractivity contribution in [1.29, 1.82) is 0 Å². The zero-order chi connectivity index (χ0) is 11.7. The molecule has 92 valence electrons. The van der Waals surface area contributed by atoms with Gasteiger partial charge in [-0.15, -0.1) is 0 Å². The van der Waals surface area contributed by atoms with Gasteiger partial charge in [-0.2, -0.15) is 0 Å². The molecule has 1 N–H and O–H groups in total. The van der Waals surface area contributed by atoms with Gasteiger partial charge in [0.25, 0.3) is 0 Å². The molecule has 1 heterocycles. The van der Waals surface area contributed by atoms with E-state index in [9.17, 15) is 0 Å². The molecule has 1 aromatic rings. The molecule has 2 unspecified atom stereocenters. The van der Waals surface area contributed by atoms with Crippen LogP contribution in [0.3, 0.4) is 0 Å². The van der Waals surface area contributed by atoms with E-state index in [-0.39, 0.29) is 0 Å². The summed E-state index contributed by atoms with van der Waals surface area (Å²) in [5.41, 5.74) is 1.27. The predicted octanol–water partition coefficient (Wildman–Crippen LogP) is 2.20. The molecule has 3 heteroatoms. The Morgan fingerprint density at radius 2 is 2.00 bits per heavy atom. The summed E-state index contributed by atoms with van der Waals surface area (Å²) in [6.07, 6.45) is 1.38. The van der Waals surface area contributed by atoms with Crippen molar-refractivity contribution in [3.05, 3.63) is 23.8 Å². The molecule has 3 rings (SSSR count). The van der Waals surface area contributed by atoms with Crippen LogP contribution in [0.5, 0.6) is 11.5 Å². The van der Waals surface area contributed by atoms with Crippen LogP contribution in [-0.2, 0) is 6.54 Å². The molecular weight excluding hydrogens is 214 g/mol. The Labute approximate surface area is 102 Å². The number of hydrogen-bond acceptors (Lipinski definition) is 3. The van der Waals surface area contributed by atoms with Gasteiger partial charge in [0.05, 0.1) is 0 Å². The average Bonchev–Trinajstić information content (AvgIpc) is 3.05. The zero-order valence-electron chi connectivity index (χ0n) is 10.2. The first-order chi connectivity index (χ1) is 8.33. The van der Waals surface area contributed by atoms with Gasteiger partial charge in [0.1, 0.15) is 13.2 Å². The smallest absolute Gasteiger partial charge is 0.161 e. The van der Waals surface area contributed by atoms with Gasteiger partial charge in [-0.3, -0.25) is 0 Å². The van der Waals surface area contributed by atoms with Crippen LogP contribution in [0, 0.1) is 11.8 Å². The number of nitrogens with one attached hydrogen (secondary N) is 1. The number of fused-ring (bicyclic) bond motifs is 1. The molecule has 1 aliphatic carbocycles. The molecule has 2 atom stereocenters. The summed E-state index contributed by atoms with van der Waals surface area (Å²) in [5, 5.41) is 3.50. The SMILES string of the molecule is CC1CC1CNCc1ccc2c(c1)OCCO2. The van der Waals surface area contributed by atoms with Crippen LogP contribution in [0.4, 0.5) is 0 Å². The van der Waals surface area contributed by atoms with Crippen molar-refractivity contribution in [2.24, 2.45) is 11.8 Å². The molecule has 0 aromatic heterocycles. The standard InChI is InChI=1S/C14H19NO2/c1-10-6-12(10)9-15-8-11-2-3-13-14(7-11)17-5-4-16-13/h2-3,7,10,12,15H,4-6,8-9H2,1H3. The summed E-state index contributed by atoms with van der Waals surface area (Å²) in [4.78, 5) is 0. The summed E-state index contributed by atoms with van der Waals surface area (Å²) in [6.45, 7) is 5.68. The van der Waals surface area contributed by atoms with Crippen LogP contribution in [0.25, 0.3) is 0 Å². The van der Waals surface area contributed by atoms with Crippen molar-refractivity contribution in [1.82, 2.24) is 5.32 Å². The van der Waals surface area contributed by atoms with Crippen molar-refractivity contribution < 1.29 is 9.47 Å². The van der Waals surface area contributed by atoms with E-state index < -0.39 is 0 Å². The molecule has 1 fully saturated rings. The van der Waals surface area contributed by atoms with Crippen molar-refractivity contribution in [3.63, 3.8) is 0 Å². The van der Waals surface area contributed by atoms with Gasteiger partial charge in [-0.25, -0.2) is 0 Å². The van der Waals surface area contributed by atoms with E-state index in [0.29, 0.717) is 13.2 Å². The Bertz CT molecular complexity index is 405. The Kier molecular flexibility index (Phi) is 2.93. The zero-order valence-corrected chi connectivity index (χ0v) is 10.2. The maximum Gasteiger partial charge on any atom is 0.161 e. The summed E-state index contributed by atoms with van der Waals surface area (Å²) in [5.74, 6) is 3.57. The highest BCUT2D eigenvalue weighted by atomic mass is 16.6. The topological polar surface area (TPSA) is 30.5 Å². The summed E-state index contributed by atoms with van der Waals surface area (Å²) >= 11 is 0. The van der Waals surface area contributed by atoms with Crippen molar-refractivity contribution in [2.75, 3.05) is 19.8 Å². The third-order valence-electron chi connectivity index (χ3n) is 3.62. The lowest BCUT2D eigenvalue weighted by atomic mass is 10.2. The van der Waals surface area contributed by atoms with Crippen LogP contribution >= 0.6 is 0 Å². The van der Waals surface area contributed by atoms with E-state index in [1.165, 1.54) is 12.0 Å². The lowest BCUT2D eigenvalue weighted by Crippen LogP contribution is -2.18. The third-order valence-corrected chi connectivity index (χ3v) is 3.62. The monoisotopic (exact) mass is 233 g/mol. The second kappa shape index (κ2) is 4.57. The van der Waals surface area contributed by atoms with Crippen LogP contribution in [0.15, 0.2) is 18.2 Å². The predicted molar refractivity (Wildman–Crippen MR) is 66.4 cm³/mol. The number of hydrogen-bond donors (Lipinski definition) is 1. The highest BCUT2D eigenvalue weighted by molar-refractivity contribution is 5.43. The largest absolute Gasteiger partial charge is 0.486 e. The normalized spacial score (nSPS) is 25.7. The minimum absolute atomic E-state index is 0.656. The van der Waals surface area contributed by atoms with Crippen LogP contribution < -0.4 is 14.8 Å². The van der Waals surface area contributed by atoms with E-state index >= 15 is 0 Å². The first-order valence-electron chi connectivity index (χ1n) is 6.42. The molecule has 1 saturated carbocycles. The molecule has 3 nitrogen and oxygen atoms in total. The quantitative estimate of drug-likeness (QED) is 0.865. The Balaban J connectivity index is 1.55. The van der Waals surface area contributed by atoms with Gasteiger partial charge >= 0.3 is 0 Å². The molecule has 0 radical (unpaired) electrons. The highest BCUT2D eigenvalue weighted by Crippen LogP contribution is 2.37. The third kappa shape index (κ3) is 2.55. The fraction of sp³-hybridized carbons (Fsp3) is 0.571. The van der Waals surface area contributed by atoms with E-state index in [1.807, 2.05) is 6.07 Å². The summed E-state index contributed by atoms with van der Waals surface area (Å²) < 4.78 is 11.1. The number of rotatable bonds is 4. The van der Waals surface area contributed by atoms with E-state index in [4.69, 9.17) is 9.47 Å². The molecule has 0 saturated heterocycles. The summed E-state index contributed by atoms with van der Waals surface area (Å²) in [6, 6.07) is 6.19. The maximum absolute atomic E-state index is 5.57. The first kappa shape index (κ1) is 10.9. The van der Waals surface area contributed by atoms with E-state index in [1.54, 1.807) is 0 Å². The Morgan fingerprint density at radius 3 is 2.76 bits per heavy atom. The molecule has 0 amide bonds. The summed E-state index contributed by atoms with van der Waals surface area (Å²) in [7, 11) is 0. The van der Waals surface area contributed by atoms with Gasteiger partial charge in [0.2, 0.25) is 0 Å². The number of benzene rings is 1. The van der Waals surface area contributed by atoms with Crippen LogP contribution in [0.2, 0.25) is 0 Å². The molecule has 1 aliphatic heterocycles. The lowest BCUT2D eigenvalue weighted by molar-refractivity contribution is 0.171. The molecule has 2 aliphatic rings. The molecule has 0 bridgehead atoms. The van der Waals surface area contributed by atoms with Crippen molar-refractivity contribution in [3.8, 4) is 11.5 Å². The van der Waals surface area contributed by atoms with Gasteiger partial charge < -0.3 is 14.8 Å².